The number of rotatable bonds is 2. The molecular formula is C13H15NO3S. The molecule has 0 radical (unpaired) electrons. The first kappa shape index (κ1) is 13.0. The topological polar surface area (TPSA) is 55.4 Å². The normalized spacial score (nSPS) is 18.2. The molecule has 96 valence electrons. The Kier molecular flexibility index (Phi) is 3.61. The highest BCUT2D eigenvalue weighted by atomic mass is 32.2. The van der Waals surface area contributed by atoms with Crippen LogP contribution in [-0.2, 0) is 9.53 Å². The van der Waals surface area contributed by atoms with Crippen molar-refractivity contribution in [3.63, 3.8) is 0 Å². The number of fused-ring (bicyclic) bond motifs is 1. The highest BCUT2D eigenvalue weighted by Gasteiger charge is 2.24. The minimum Gasteiger partial charge on any atom is -0.459 e. The number of carbonyl (C=O) groups excluding carboxylic acids is 2. The molecule has 0 fully saturated rings. The monoisotopic (exact) mass is 265 g/mol. The van der Waals surface area contributed by atoms with Crippen LogP contribution < -0.4 is 5.32 Å². The Balaban J connectivity index is 2.25. The first-order chi connectivity index (χ1) is 8.47. The molecule has 0 spiro atoms. The smallest absolute Gasteiger partial charge is 0.338 e. The number of hydrogen-bond acceptors (Lipinski definition) is 4. The summed E-state index contributed by atoms with van der Waals surface area (Å²) in [5.74, 6) is -0.410. The summed E-state index contributed by atoms with van der Waals surface area (Å²) in [5.41, 5.74) is 1.14. The van der Waals surface area contributed by atoms with Crippen molar-refractivity contribution in [2.24, 2.45) is 0 Å². The molecule has 1 aromatic rings. The van der Waals surface area contributed by atoms with Gasteiger partial charge in [-0.3, -0.25) is 4.79 Å². The van der Waals surface area contributed by atoms with Gasteiger partial charge in [-0.1, -0.05) is 0 Å². The highest BCUT2D eigenvalue weighted by molar-refractivity contribution is 8.00. The number of esters is 1. The van der Waals surface area contributed by atoms with Crippen molar-refractivity contribution >= 4 is 29.3 Å². The molecule has 1 aliphatic rings. The molecule has 0 saturated carbocycles. The van der Waals surface area contributed by atoms with E-state index in [-0.39, 0.29) is 23.2 Å². The van der Waals surface area contributed by atoms with Gasteiger partial charge in [-0.25, -0.2) is 4.79 Å². The van der Waals surface area contributed by atoms with Crippen LogP contribution in [0, 0.1) is 0 Å². The third-order valence-electron chi connectivity index (χ3n) is 2.49. The van der Waals surface area contributed by atoms with Crippen molar-refractivity contribution in [3.8, 4) is 0 Å². The molecule has 0 aromatic heterocycles. The standard InChI is InChI=1S/C13H15NO3S/c1-7(2)17-13(16)9-4-5-11-10(6-9)14-12(15)8(3)18-11/h4-8H,1-3H3,(H,14,15). The predicted molar refractivity (Wildman–Crippen MR) is 70.9 cm³/mol. The summed E-state index contributed by atoms with van der Waals surface area (Å²) in [7, 11) is 0. The van der Waals surface area contributed by atoms with E-state index < -0.39 is 0 Å². The summed E-state index contributed by atoms with van der Waals surface area (Å²) in [6, 6.07) is 5.23. The Bertz CT molecular complexity index is 499. The van der Waals surface area contributed by atoms with E-state index in [2.05, 4.69) is 5.32 Å². The van der Waals surface area contributed by atoms with Gasteiger partial charge < -0.3 is 10.1 Å². The minimum atomic E-state index is -0.370. The van der Waals surface area contributed by atoms with Crippen LogP contribution >= 0.6 is 11.8 Å². The van der Waals surface area contributed by atoms with Crippen molar-refractivity contribution in [2.45, 2.75) is 37.0 Å². The van der Waals surface area contributed by atoms with Crippen LogP contribution in [0.4, 0.5) is 5.69 Å². The van der Waals surface area contributed by atoms with Gasteiger partial charge in [0.25, 0.3) is 0 Å². The van der Waals surface area contributed by atoms with E-state index in [4.69, 9.17) is 4.74 Å². The average Bonchev–Trinajstić information content (AvgIpc) is 2.29. The molecule has 1 heterocycles. The number of hydrogen-bond donors (Lipinski definition) is 1. The molecule has 1 unspecified atom stereocenters. The maximum Gasteiger partial charge on any atom is 0.338 e. The fraction of sp³-hybridized carbons (Fsp3) is 0.385. The zero-order chi connectivity index (χ0) is 13.3. The second kappa shape index (κ2) is 5.02. The molecule has 1 atom stereocenters. The maximum absolute atomic E-state index is 11.7. The van der Waals surface area contributed by atoms with E-state index in [1.807, 2.05) is 13.0 Å². The number of benzene rings is 1. The van der Waals surface area contributed by atoms with Gasteiger partial charge in [0.1, 0.15) is 0 Å². The highest BCUT2D eigenvalue weighted by Crippen LogP contribution is 2.36. The zero-order valence-electron chi connectivity index (χ0n) is 10.5. The lowest BCUT2D eigenvalue weighted by molar-refractivity contribution is -0.115. The number of thioether (sulfide) groups is 1. The van der Waals surface area contributed by atoms with E-state index in [9.17, 15) is 9.59 Å². The first-order valence-electron chi connectivity index (χ1n) is 5.80. The van der Waals surface area contributed by atoms with Crippen molar-refractivity contribution < 1.29 is 14.3 Å². The first-order valence-corrected chi connectivity index (χ1v) is 6.68. The van der Waals surface area contributed by atoms with Crippen molar-refractivity contribution in [1.82, 2.24) is 0 Å². The molecule has 4 nitrogen and oxygen atoms in total. The lowest BCUT2D eigenvalue weighted by Crippen LogP contribution is -2.26. The van der Waals surface area contributed by atoms with Crippen molar-refractivity contribution in [3.05, 3.63) is 23.8 Å². The van der Waals surface area contributed by atoms with E-state index in [0.29, 0.717) is 11.3 Å². The third kappa shape index (κ3) is 2.67. The van der Waals surface area contributed by atoms with Gasteiger partial charge in [-0.05, 0) is 39.0 Å². The third-order valence-corrected chi connectivity index (χ3v) is 3.67. The van der Waals surface area contributed by atoms with E-state index in [1.165, 1.54) is 11.8 Å². The fourth-order valence-corrected chi connectivity index (χ4v) is 2.55. The minimum absolute atomic E-state index is 0.0399. The Hall–Kier alpha value is -1.49. The Morgan fingerprint density at radius 2 is 2.17 bits per heavy atom. The number of ether oxygens (including phenoxy) is 1. The van der Waals surface area contributed by atoms with E-state index in [1.54, 1.807) is 26.0 Å². The Labute approximate surface area is 110 Å². The second-order valence-corrected chi connectivity index (χ2v) is 5.80. The quantitative estimate of drug-likeness (QED) is 0.835. The lowest BCUT2D eigenvalue weighted by Gasteiger charge is -2.21. The van der Waals surface area contributed by atoms with Gasteiger partial charge >= 0.3 is 5.97 Å². The molecule has 1 aliphatic heterocycles. The second-order valence-electron chi connectivity index (χ2n) is 4.41. The molecule has 1 amide bonds. The summed E-state index contributed by atoms with van der Waals surface area (Å²) in [5, 5.41) is 2.69. The summed E-state index contributed by atoms with van der Waals surface area (Å²) in [4.78, 5) is 24.3. The van der Waals surface area contributed by atoms with Gasteiger partial charge in [0.05, 0.1) is 22.6 Å². The van der Waals surface area contributed by atoms with Crippen molar-refractivity contribution in [2.75, 3.05) is 5.32 Å². The number of anilines is 1. The van der Waals surface area contributed by atoms with Gasteiger partial charge in [0.15, 0.2) is 0 Å². The van der Waals surface area contributed by atoms with Crippen LogP contribution in [0.15, 0.2) is 23.1 Å². The summed E-state index contributed by atoms with van der Waals surface area (Å²) in [6.07, 6.45) is -0.155. The number of nitrogens with one attached hydrogen (secondary N) is 1. The molecular weight excluding hydrogens is 250 g/mol. The maximum atomic E-state index is 11.7. The molecule has 2 rings (SSSR count). The number of amides is 1. The molecule has 0 bridgehead atoms. The molecule has 5 heteroatoms. The van der Waals surface area contributed by atoms with Crippen molar-refractivity contribution in [1.29, 1.82) is 0 Å². The van der Waals surface area contributed by atoms with Gasteiger partial charge in [-0.2, -0.15) is 0 Å². The van der Waals surface area contributed by atoms with Crippen LogP contribution in [0.25, 0.3) is 0 Å². The van der Waals surface area contributed by atoms with Crippen LogP contribution in [0.1, 0.15) is 31.1 Å². The van der Waals surface area contributed by atoms with Crippen LogP contribution in [0.2, 0.25) is 0 Å². The molecule has 0 saturated heterocycles. The number of carbonyl (C=O) groups is 2. The van der Waals surface area contributed by atoms with E-state index >= 15 is 0 Å². The summed E-state index contributed by atoms with van der Waals surface area (Å²) >= 11 is 1.49. The Morgan fingerprint density at radius 3 is 2.83 bits per heavy atom. The van der Waals surface area contributed by atoms with Gasteiger partial charge in [-0.15, -0.1) is 11.8 Å². The van der Waals surface area contributed by atoms with Gasteiger partial charge in [0, 0.05) is 4.90 Å². The molecule has 1 N–H and O–H groups in total. The lowest BCUT2D eigenvalue weighted by atomic mass is 10.2. The predicted octanol–water partition coefficient (Wildman–Crippen LogP) is 2.68. The molecule has 1 aromatic carbocycles. The summed E-state index contributed by atoms with van der Waals surface area (Å²) in [6.45, 7) is 5.45. The van der Waals surface area contributed by atoms with Crippen LogP contribution in [0.3, 0.4) is 0 Å². The zero-order valence-corrected chi connectivity index (χ0v) is 11.3. The average molecular weight is 265 g/mol. The van der Waals surface area contributed by atoms with Crippen LogP contribution in [-0.4, -0.2) is 23.2 Å². The SMILES string of the molecule is CC(C)OC(=O)c1ccc2c(c1)NC(=O)C(C)S2. The summed E-state index contributed by atoms with van der Waals surface area (Å²) < 4.78 is 5.12. The van der Waals surface area contributed by atoms with Crippen LogP contribution in [0.5, 0.6) is 0 Å². The fourth-order valence-electron chi connectivity index (χ4n) is 1.62. The van der Waals surface area contributed by atoms with E-state index in [0.717, 1.165) is 4.90 Å². The molecule has 18 heavy (non-hydrogen) atoms. The molecule has 0 aliphatic carbocycles. The largest absolute Gasteiger partial charge is 0.459 e. The Morgan fingerprint density at radius 1 is 1.44 bits per heavy atom. The van der Waals surface area contributed by atoms with Gasteiger partial charge in [0.2, 0.25) is 5.91 Å².